The lowest BCUT2D eigenvalue weighted by molar-refractivity contribution is 1.31. The van der Waals surface area contributed by atoms with E-state index in [1.54, 1.807) is 29.8 Å². The summed E-state index contributed by atoms with van der Waals surface area (Å²) in [6.07, 6.45) is 3.33. The highest BCUT2D eigenvalue weighted by Crippen LogP contribution is 2.29. The first-order valence-corrected chi connectivity index (χ1v) is 6.32. The molecule has 0 aliphatic carbocycles. The van der Waals surface area contributed by atoms with Crippen LogP contribution < -0.4 is 5.73 Å². The van der Waals surface area contributed by atoms with Crippen molar-refractivity contribution in [1.82, 2.24) is 4.98 Å². The molecule has 0 bridgehead atoms. The number of aryl methyl sites for hydroxylation is 2. The summed E-state index contributed by atoms with van der Waals surface area (Å²) >= 11 is 1.61. The Balaban J connectivity index is 2.55. The van der Waals surface area contributed by atoms with Gasteiger partial charge in [-0.05, 0) is 31.5 Å². The van der Waals surface area contributed by atoms with Gasteiger partial charge in [0.1, 0.15) is 6.07 Å². The molecule has 90 valence electrons. The van der Waals surface area contributed by atoms with Gasteiger partial charge in [0.25, 0.3) is 0 Å². The average Bonchev–Trinajstić information content (AvgIpc) is 2.72. The van der Waals surface area contributed by atoms with Crippen LogP contribution in [0.25, 0.3) is 11.3 Å². The van der Waals surface area contributed by atoms with Crippen molar-refractivity contribution in [3.05, 3.63) is 51.5 Å². The summed E-state index contributed by atoms with van der Waals surface area (Å²) in [5.74, 6) is 0. The minimum Gasteiger partial charge on any atom is -0.396 e. The van der Waals surface area contributed by atoms with Crippen LogP contribution in [0.4, 0.5) is 0 Å². The minimum absolute atomic E-state index is 0.476. The molecular formula is C14H13N3S. The zero-order valence-corrected chi connectivity index (χ0v) is 11.1. The summed E-state index contributed by atoms with van der Waals surface area (Å²) in [4.78, 5) is 6.17. The van der Waals surface area contributed by atoms with E-state index in [1.165, 1.54) is 10.4 Å². The quantitative estimate of drug-likeness (QED) is 0.839. The number of hydrogen-bond donors (Lipinski definition) is 1. The first kappa shape index (κ1) is 12.3. The maximum Gasteiger partial charge on any atom is 0.102 e. The van der Waals surface area contributed by atoms with Gasteiger partial charge in [0, 0.05) is 22.8 Å². The fourth-order valence-corrected chi connectivity index (χ4v) is 2.62. The first-order valence-electron chi connectivity index (χ1n) is 5.51. The van der Waals surface area contributed by atoms with Crippen LogP contribution in [0.15, 0.2) is 30.6 Å². The van der Waals surface area contributed by atoms with Crippen molar-refractivity contribution in [2.24, 2.45) is 5.73 Å². The van der Waals surface area contributed by atoms with Crippen LogP contribution in [0.2, 0.25) is 0 Å². The molecule has 0 radical (unpaired) electrons. The number of rotatable bonds is 2. The van der Waals surface area contributed by atoms with Gasteiger partial charge in [-0.3, -0.25) is 4.98 Å². The van der Waals surface area contributed by atoms with Gasteiger partial charge in [-0.15, -0.1) is 11.3 Å². The molecule has 0 spiro atoms. The van der Waals surface area contributed by atoms with Crippen molar-refractivity contribution in [3.63, 3.8) is 0 Å². The van der Waals surface area contributed by atoms with Crippen molar-refractivity contribution in [1.29, 1.82) is 5.26 Å². The fraction of sp³-hybridized carbons (Fsp3) is 0.143. The normalized spacial score (nSPS) is 11.8. The maximum absolute atomic E-state index is 9.28. The Morgan fingerprint density at radius 3 is 2.72 bits per heavy atom. The maximum atomic E-state index is 9.28. The fourth-order valence-electron chi connectivity index (χ4n) is 1.62. The molecule has 0 unspecified atom stereocenters. The first-order chi connectivity index (χ1) is 8.63. The summed E-state index contributed by atoms with van der Waals surface area (Å²) in [6.45, 7) is 4.09. The van der Waals surface area contributed by atoms with Gasteiger partial charge < -0.3 is 5.73 Å². The number of nitrogens with two attached hydrogens (primary N) is 1. The molecule has 0 saturated carbocycles. The molecule has 0 aliphatic heterocycles. The van der Waals surface area contributed by atoms with E-state index in [4.69, 9.17) is 5.73 Å². The van der Waals surface area contributed by atoms with Crippen molar-refractivity contribution in [2.75, 3.05) is 0 Å². The van der Waals surface area contributed by atoms with Gasteiger partial charge in [-0.1, -0.05) is 6.07 Å². The topological polar surface area (TPSA) is 62.7 Å². The van der Waals surface area contributed by atoms with Crippen molar-refractivity contribution < 1.29 is 0 Å². The van der Waals surface area contributed by atoms with Crippen LogP contribution in [-0.4, -0.2) is 4.98 Å². The zero-order valence-electron chi connectivity index (χ0n) is 10.3. The van der Waals surface area contributed by atoms with Gasteiger partial charge in [0.05, 0.1) is 16.1 Å². The summed E-state index contributed by atoms with van der Waals surface area (Å²) in [6, 6.07) is 7.82. The van der Waals surface area contributed by atoms with Crippen molar-refractivity contribution in [2.45, 2.75) is 13.8 Å². The number of hydrogen-bond acceptors (Lipinski definition) is 4. The minimum atomic E-state index is 0.476. The standard InChI is InChI=1S/C14H13N3S/c1-9-6-13(18-10(9)2)14(16)12(7-15)11-4-3-5-17-8-11/h3-6,8H,16H2,1-2H3/b14-12+. The molecular weight excluding hydrogens is 242 g/mol. The number of nitriles is 1. The third-order valence-corrected chi connectivity index (χ3v) is 3.95. The van der Waals surface area contributed by atoms with Gasteiger partial charge in [-0.25, -0.2) is 0 Å². The third kappa shape index (κ3) is 2.27. The molecule has 2 aromatic rings. The van der Waals surface area contributed by atoms with Crippen LogP contribution in [0.3, 0.4) is 0 Å². The molecule has 3 nitrogen and oxygen atoms in total. The summed E-state index contributed by atoms with van der Waals surface area (Å²) in [7, 11) is 0. The molecule has 0 atom stereocenters. The summed E-state index contributed by atoms with van der Waals surface area (Å²) in [5, 5.41) is 9.28. The highest BCUT2D eigenvalue weighted by atomic mass is 32.1. The second-order valence-corrected chi connectivity index (χ2v) is 5.25. The largest absolute Gasteiger partial charge is 0.396 e. The lowest BCUT2D eigenvalue weighted by Gasteiger charge is -2.03. The van der Waals surface area contributed by atoms with E-state index in [-0.39, 0.29) is 0 Å². The van der Waals surface area contributed by atoms with Crippen molar-refractivity contribution >= 4 is 22.6 Å². The number of thiophene rings is 1. The van der Waals surface area contributed by atoms with E-state index in [2.05, 4.69) is 11.1 Å². The molecule has 0 amide bonds. The Labute approximate surface area is 110 Å². The predicted molar refractivity (Wildman–Crippen MR) is 74.6 cm³/mol. The van der Waals surface area contributed by atoms with Crippen molar-refractivity contribution in [3.8, 4) is 6.07 Å². The van der Waals surface area contributed by atoms with Crippen LogP contribution in [0, 0.1) is 25.2 Å². The zero-order chi connectivity index (χ0) is 13.1. The molecule has 0 aromatic carbocycles. The molecule has 2 aromatic heterocycles. The van der Waals surface area contributed by atoms with Gasteiger partial charge in [0.15, 0.2) is 0 Å². The van der Waals surface area contributed by atoms with Gasteiger partial charge >= 0.3 is 0 Å². The molecule has 0 aliphatic rings. The van der Waals surface area contributed by atoms with Gasteiger partial charge in [0.2, 0.25) is 0 Å². The van der Waals surface area contributed by atoms with Crippen LogP contribution in [0.1, 0.15) is 20.9 Å². The number of allylic oxidation sites excluding steroid dienone is 1. The third-order valence-electron chi connectivity index (χ3n) is 2.76. The lowest BCUT2D eigenvalue weighted by Crippen LogP contribution is -1.98. The van der Waals surface area contributed by atoms with E-state index >= 15 is 0 Å². The summed E-state index contributed by atoms with van der Waals surface area (Å²) in [5.41, 5.74) is 9.05. The highest BCUT2D eigenvalue weighted by Gasteiger charge is 2.11. The monoisotopic (exact) mass is 255 g/mol. The Bertz CT molecular complexity index is 613. The van der Waals surface area contributed by atoms with Gasteiger partial charge in [-0.2, -0.15) is 5.26 Å². The van der Waals surface area contributed by atoms with Crippen LogP contribution in [0.5, 0.6) is 0 Å². The molecule has 4 heteroatoms. The number of aromatic nitrogens is 1. The second kappa shape index (κ2) is 5.03. The SMILES string of the molecule is Cc1cc(/C(N)=C(/C#N)c2cccnc2)sc1C. The van der Waals surface area contributed by atoms with Crippen LogP contribution >= 0.6 is 11.3 Å². The highest BCUT2D eigenvalue weighted by molar-refractivity contribution is 7.13. The lowest BCUT2D eigenvalue weighted by atomic mass is 10.1. The van der Waals surface area contributed by atoms with Crippen LogP contribution in [-0.2, 0) is 0 Å². The Hall–Kier alpha value is -2.12. The Morgan fingerprint density at radius 2 is 2.22 bits per heavy atom. The predicted octanol–water partition coefficient (Wildman–Crippen LogP) is 3.11. The summed E-state index contributed by atoms with van der Waals surface area (Å²) < 4.78 is 0. The van der Waals surface area contributed by atoms with E-state index in [9.17, 15) is 5.26 Å². The number of pyridine rings is 1. The number of nitrogens with zero attached hydrogens (tertiary/aromatic N) is 2. The molecule has 2 rings (SSSR count). The molecule has 2 heterocycles. The smallest absolute Gasteiger partial charge is 0.102 e. The Kier molecular flexibility index (Phi) is 3.45. The van der Waals surface area contributed by atoms with E-state index in [1.807, 2.05) is 26.0 Å². The second-order valence-electron chi connectivity index (χ2n) is 3.99. The molecule has 18 heavy (non-hydrogen) atoms. The van der Waals surface area contributed by atoms with E-state index in [0.717, 1.165) is 10.4 Å². The Morgan fingerprint density at radius 1 is 1.44 bits per heavy atom. The van der Waals surface area contributed by atoms with E-state index in [0.29, 0.717) is 11.3 Å². The average molecular weight is 255 g/mol. The molecule has 2 N–H and O–H groups in total. The molecule has 0 saturated heterocycles. The van der Waals surface area contributed by atoms with E-state index < -0.39 is 0 Å². The molecule has 0 fully saturated rings.